The van der Waals surface area contributed by atoms with Crippen molar-refractivity contribution in [2.24, 2.45) is 0 Å². The largest absolute Gasteiger partial charge is 0.493 e. The van der Waals surface area contributed by atoms with E-state index in [9.17, 15) is 14.7 Å². The summed E-state index contributed by atoms with van der Waals surface area (Å²) in [5, 5.41) is 10.3. The molecule has 1 aromatic heterocycles. The summed E-state index contributed by atoms with van der Waals surface area (Å²) < 4.78 is 10.7. The maximum absolute atomic E-state index is 13.1. The summed E-state index contributed by atoms with van der Waals surface area (Å²) in [6, 6.07) is 3.06. The van der Waals surface area contributed by atoms with Gasteiger partial charge in [-0.3, -0.25) is 9.59 Å². The molecular weight excluding hydrogens is 368 g/mol. The van der Waals surface area contributed by atoms with Crippen molar-refractivity contribution < 1.29 is 24.2 Å². The van der Waals surface area contributed by atoms with E-state index in [-0.39, 0.29) is 12.3 Å². The van der Waals surface area contributed by atoms with Crippen molar-refractivity contribution in [1.29, 1.82) is 0 Å². The Morgan fingerprint density at radius 1 is 1.26 bits per heavy atom. The van der Waals surface area contributed by atoms with E-state index in [1.807, 2.05) is 19.9 Å². The molecule has 0 spiro atoms. The average molecular weight is 390 g/mol. The van der Waals surface area contributed by atoms with E-state index in [1.54, 1.807) is 18.1 Å². The maximum Gasteiger partial charge on any atom is 0.305 e. The lowest BCUT2D eigenvalue weighted by Crippen LogP contribution is -2.41. The highest BCUT2D eigenvalue weighted by Crippen LogP contribution is 2.40. The van der Waals surface area contributed by atoms with Crippen molar-refractivity contribution in [3.8, 4) is 11.5 Å². The number of carbonyl (C=O) groups excluding carboxylic acids is 1. The number of aliphatic carboxylic acids is 1. The molecule has 1 aliphatic rings. The number of nitrogens with zero attached hydrogens (tertiary/aromatic N) is 2. The van der Waals surface area contributed by atoms with Crippen LogP contribution in [-0.2, 0) is 11.2 Å². The monoisotopic (exact) mass is 390 g/mol. The summed E-state index contributed by atoms with van der Waals surface area (Å²) >= 11 is 1.46. The lowest BCUT2D eigenvalue weighted by Gasteiger charge is -2.37. The van der Waals surface area contributed by atoms with E-state index >= 15 is 0 Å². The first-order valence-electron chi connectivity index (χ1n) is 8.57. The highest BCUT2D eigenvalue weighted by molar-refractivity contribution is 7.11. The third kappa shape index (κ3) is 3.62. The van der Waals surface area contributed by atoms with Crippen LogP contribution in [0.1, 0.15) is 44.0 Å². The number of benzene rings is 1. The van der Waals surface area contributed by atoms with Crippen LogP contribution in [0.4, 0.5) is 0 Å². The first-order valence-corrected chi connectivity index (χ1v) is 9.39. The van der Waals surface area contributed by atoms with Gasteiger partial charge in [0.2, 0.25) is 0 Å². The molecule has 2 heterocycles. The van der Waals surface area contributed by atoms with Gasteiger partial charge in [-0.25, -0.2) is 4.98 Å². The minimum absolute atomic E-state index is 0.184. The highest BCUT2D eigenvalue weighted by atomic mass is 32.1. The third-order valence-corrected chi connectivity index (χ3v) is 5.62. The summed E-state index contributed by atoms with van der Waals surface area (Å²) in [4.78, 5) is 31.5. The summed E-state index contributed by atoms with van der Waals surface area (Å²) in [5.41, 5.74) is 2.14. The summed E-state index contributed by atoms with van der Waals surface area (Å²) in [5.74, 6) is -0.0900. The molecule has 1 aromatic carbocycles. The molecule has 1 atom stereocenters. The Morgan fingerprint density at radius 3 is 2.48 bits per heavy atom. The molecule has 144 valence electrons. The SMILES string of the molecule is COc1cc2c(cc1OC)C(CC(=O)O)N(C(=O)c1nc(C)sc1C)CC2. The van der Waals surface area contributed by atoms with Crippen LogP contribution in [-0.4, -0.2) is 47.6 Å². The minimum atomic E-state index is -0.966. The van der Waals surface area contributed by atoms with Crippen LogP contribution in [0.2, 0.25) is 0 Å². The van der Waals surface area contributed by atoms with Crippen molar-refractivity contribution in [2.75, 3.05) is 20.8 Å². The number of aryl methyl sites for hydroxylation is 2. The number of rotatable bonds is 5. The van der Waals surface area contributed by atoms with Gasteiger partial charge in [0.15, 0.2) is 11.5 Å². The number of carboxylic acid groups (broad SMARTS) is 1. The van der Waals surface area contributed by atoms with Crippen molar-refractivity contribution in [3.63, 3.8) is 0 Å². The molecule has 7 nitrogen and oxygen atoms in total. The smallest absolute Gasteiger partial charge is 0.305 e. The summed E-state index contributed by atoms with van der Waals surface area (Å²) in [6.45, 7) is 4.14. The molecule has 1 N–H and O–H groups in total. The Bertz CT molecular complexity index is 892. The molecule has 1 unspecified atom stereocenters. The second kappa shape index (κ2) is 7.56. The molecule has 1 amide bonds. The van der Waals surface area contributed by atoms with Gasteiger partial charge in [0.25, 0.3) is 5.91 Å². The second-order valence-electron chi connectivity index (χ2n) is 6.41. The normalized spacial score (nSPS) is 16.0. The number of amides is 1. The van der Waals surface area contributed by atoms with Gasteiger partial charge in [-0.2, -0.15) is 0 Å². The first-order chi connectivity index (χ1) is 12.8. The van der Waals surface area contributed by atoms with Gasteiger partial charge < -0.3 is 19.5 Å². The van der Waals surface area contributed by atoms with Gasteiger partial charge in [0.05, 0.1) is 31.7 Å². The molecule has 0 fully saturated rings. The van der Waals surface area contributed by atoms with E-state index < -0.39 is 12.0 Å². The van der Waals surface area contributed by atoms with E-state index in [0.29, 0.717) is 30.2 Å². The van der Waals surface area contributed by atoms with Crippen molar-refractivity contribution in [2.45, 2.75) is 32.7 Å². The van der Waals surface area contributed by atoms with Crippen LogP contribution in [0.25, 0.3) is 0 Å². The molecular formula is C19H22N2O5S. The molecule has 0 saturated heterocycles. The van der Waals surface area contributed by atoms with Crippen molar-refractivity contribution >= 4 is 23.2 Å². The standard InChI is InChI=1S/C19H22N2O5S/c1-10-18(20-11(2)27-10)19(24)21-6-5-12-7-15(25-3)16(26-4)8-13(12)14(21)9-17(22)23/h7-8,14H,5-6,9H2,1-4H3,(H,22,23). The molecule has 0 radical (unpaired) electrons. The van der Waals surface area contributed by atoms with E-state index in [4.69, 9.17) is 9.47 Å². The number of hydrogen-bond acceptors (Lipinski definition) is 6. The number of fused-ring (bicyclic) bond motifs is 1. The van der Waals surface area contributed by atoms with Crippen LogP contribution in [0.5, 0.6) is 11.5 Å². The molecule has 0 aliphatic carbocycles. The molecule has 27 heavy (non-hydrogen) atoms. The summed E-state index contributed by atoms with van der Waals surface area (Å²) in [7, 11) is 3.09. The predicted octanol–water partition coefficient (Wildman–Crippen LogP) is 2.99. The van der Waals surface area contributed by atoms with Gasteiger partial charge in [0, 0.05) is 11.4 Å². The topological polar surface area (TPSA) is 89.0 Å². The van der Waals surface area contributed by atoms with Gasteiger partial charge >= 0.3 is 5.97 Å². The zero-order chi connectivity index (χ0) is 19.7. The van der Waals surface area contributed by atoms with Gasteiger partial charge in [-0.15, -0.1) is 11.3 Å². The molecule has 8 heteroatoms. The Labute approximate surface area is 161 Å². The quantitative estimate of drug-likeness (QED) is 0.844. The van der Waals surface area contributed by atoms with Crippen LogP contribution in [0.3, 0.4) is 0 Å². The number of thiazole rings is 1. The van der Waals surface area contributed by atoms with Crippen LogP contribution < -0.4 is 9.47 Å². The Hall–Kier alpha value is -2.61. The Kier molecular flexibility index (Phi) is 5.36. The lowest BCUT2D eigenvalue weighted by atomic mass is 9.89. The third-order valence-electron chi connectivity index (χ3n) is 4.74. The van der Waals surface area contributed by atoms with Crippen molar-refractivity contribution in [1.82, 2.24) is 9.88 Å². The van der Waals surface area contributed by atoms with Gasteiger partial charge in [-0.1, -0.05) is 0 Å². The average Bonchev–Trinajstić information content (AvgIpc) is 2.98. The molecule has 1 aliphatic heterocycles. The fourth-order valence-electron chi connectivity index (χ4n) is 3.52. The highest BCUT2D eigenvalue weighted by Gasteiger charge is 2.35. The predicted molar refractivity (Wildman–Crippen MR) is 101 cm³/mol. The van der Waals surface area contributed by atoms with E-state index in [1.165, 1.54) is 18.4 Å². The number of carboxylic acids is 1. The first kappa shape index (κ1) is 19.2. The minimum Gasteiger partial charge on any atom is -0.493 e. The van der Waals surface area contributed by atoms with Crippen LogP contribution >= 0.6 is 11.3 Å². The Morgan fingerprint density at radius 2 is 1.93 bits per heavy atom. The zero-order valence-corrected chi connectivity index (χ0v) is 16.6. The van der Waals surface area contributed by atoms with Gasteiger partial charge in [0.1, 0.15) is 5.69 Å². The van der Waals surface area contributed by atoms with E-state index in [0.717, 1.165) is 21.0 Å². The fourth-order valence-corrected chi connectivity index (χ4v) is 4.33. The number of carbonyl (C=O) groups is 2. The lowest BCUT2D eigenvalue weighted by molar-refractivity contribution is -0.138. The van der Waals surface area contributed by atoms with Crippen LogP contribution in [0.15, 0.2) is 12.1 Å². The number of ether oxygens (including phenoxy) is 2. The van der Waals surface area contributed by atoms with Crippen molar-refractivity contribution in [3.05, 3.63) is 38.8 Å². The fraction of sp³-hybridized carbons (Fsp3) is 0.421. The molecule has 0 bridgehead atoms. The molecule has 3 rings (SSSR count). The maximum atomic E-state index is 13.1. The molecule has 0 saturated carbocycles. The molecule has 2 aromatic rings. The second-order valence-corrected chi connectivity index (χ2v) is 7.81. The van der Waals surface area contributed by atoms with Crippen LogP contribution in [0, 0.1) is 13.8 Å². The Balaban J connectivity index is 2.05. The number of aromatic nitrogens is 1. The van der Waals surface area contributed by atoms with Gasteiger partial charge in [-0.05, 0) is 43.5 Å². The van der Waals surface area contributed by atoms with E-state index in [2.05, 4.69) is 4.98 Å². The zero-order valence-electron chi connectivity index (χ0n) is 15.7. The summed E-state index contributed by atoms with van der Waals surface area (Å²) in [6.07, 6.45) is 0.427. The number of hydrogen-bond donors (Lipinski definition) is 1. The number of methoxy groups -OCH3 is 2.